The van der Waals surface area contributed by atoms with Crippen molar-refractivity contribution in [2.24, 2.45) is 0 Å². The minimum atomic E-state index is 0.0102. The highest BCUT2D eigenvalue weighted by atomic mass is 32.2. The summed E-state index contributed by atoms with van der Waals surface area (Å²) in [6, 6.07) is 13.7. The molecule has 0 aliphatic carbocycles. The molecule has 3 heterocycles. The van der Waals surface area contributed by atoms with Crippen LogP contribution in [0.1, 0.15) is 18.1 Å². The average molecular weight is 355 g/mol. The van der Waals surface area contributed by atoms with Crippen LogP contribution in [0.5, 0.6) is 0 Å². The van der Waals surface area contributed by atoms with Crippen molar-refractivity contribution in [3.63, 3.8) is 0 Å². The Hall–Kier alpha value is -2.38. The largest absolute Gasteiger partial charge is 0.461 e. The third-order valence-electron chi connectivity index (χ3n) is 3.36. The van der Waals surface area contributed by atoms with E-state index < -0.39 is 0 Å². The second-order valence-electron chi connectivity index (χ2n) is 5.06. The summed E-state index contributed by atoms with van der Waals surface area (Å²) in [4.78, 5) is 9.07. The monoisotopic (exact) mass is 355 g/mol. The van der Waals surface area contributed by atoms with Gasteiger partial charge in [0.15, 0.2) is 10.1 Å². The molecule has 0 unspecified atom stereocenters. The fourth-order valence-corrected chi connectivity index (χ4v) is 4.16. The van der Waals surface area contributed by atoms with Crippen LogP contribution in [0.2, 0.25) is 0 Å². The molecule has 1 aromatic carbocycles. The van der Waals surface area contributed by atoms with Crippen LogP contribution in [-0.2, 0) is 0 Å². The van der Waals surface area contributed by atoms with E-state index in [9.17, 15) is 0 Å². The average Bonchev–Trinajstić information content (AvgIpc) is 3.36. The Kier molecular flexibility index (Phi) is 4.18. The minimum absolute atomic E-state index is 0.0102. The first kappa shape index (κ1) is 15.2. The zero-order valence-corrected chi connectivity index (χ0v) is 14.4. The number of benzene rings is 1. The number of hydrogen-bond acceptors (Lipinski definition) is 7. The molecule has 0 N–H and O–H groups in total. The first-order chi connectivity index (χ1) is 11.8. The smallest absolute Gasteiger partial charge is 0.240 e. The lowest BCUT2D eigenvalue weighted by Gasteiger charge is -2.02. The topological polar surface area (TPSA) is 65.0 Å². The molecular weight excluding hydrogens is 342 g/mol. The van der Waals surface area contributed by atoms with E-state index >= 15 is 0 Å². The Morgan fingerprint density at radius 1 is 1.08 bits per heavy atom. The molecule has 0 spiro atoms. The molecule has 0 amide bonds. The van der Waals surface area contributed by atoms with Gasteiger partial charge in [-0.2, -0.15) is 4.98 Å². The molecule has 0 saturated carbocycles. The molecular formula is C17H13N3O2S2. The van der Waals surface area contributed by atoms with E-state index in [1.54, 1.807) is 41.5 Å². The van der Waals surface area contributed by atoms with Gasteiger partial charge < -0.3 is 8.94 Å². The van der Waals surface area contributed by atoms with Crippen molar-refractivity contribution in [3.05, 3.63) is 60.0 Å². The molecule has 24 heavy (non-hydrogen) atoms. The molecule has 0 saturated heterocycles. The van der Waals surface area contributed by atoms with Gasteiger partial charge in [-0.3, -0.25) is 0 Å². The maximum absolute atomic E-state index is 5.35. The predicted octanol–water partition coefficient (Wildman–Crippen LogP) is 5.31. The molecule has 0 radical (unpaired) electrons. The Labute approximate surface area is 146 Å². The van der Waals surface area contributed by atoms with E-state index in [4.69, 9.17) is 8.94 Å². The second-order valence-corrected chi connectivity index (χ2v) is 7.50. The van der Waals surface area contributed by atoms with Crippen molar-refractivity contribution in [2.75, 3.05) is 0 Å². The first-order valence-electron chi connectivity index (χ1n) is 7.34. The molecule has 0 aliphatic rings. The second kappa shape index (κ2) is 6.62. The summed E-state index contributed by atoms with van der Waals surface area (Å²) in [5.41, 5.74) is 2.10. The first-order valence-corrected chi connectivity index (χ1v) is 9.10. The van der Waals surface area contributed by atoms with Crippen molar-refractivity contribution in [3.8, 4) is 22.8 Å². The third kappa shape index (κ3) is 3.13. The maximum Gasteiger partial charge on any atom is 0.240 e. The van der Waals surface area contributed by atoms with Crippen molar-refractivity contribution < 1.29 is 8.94 Å². The predicted molar refractivity (Wildman–Crippen MR) is 93.8 cm³/mol. The van der Waals surface area contributed by atoms with Crippen LogP contribution in [0.4, 0.5) is 0 Å². The van der Waals surface area contributed by atoms with Crippen molar-refractivity contribution in [1.82, 2.24) is 15.1 Å². The van der Waals surface area contributed by atoms with Crippen LogP contribution in [0, 0.1) is 0 Å². The molecule has 4 aromatic rings. The Bertz CT molecular complexity index is 916. The summed E-state index contributed by atoms with van der Waals surface area (Å²) in [5.74, 6) is 1.62. The highest BCUT2D eigenvalue weighted by Gasteiger charge is 2.19. The van der Waals surface area contributed by atoms with E-state index in [0.717, 1.165) is 15.6 Å². The van der Waals surface area contributed by atoms with E-state index in [2.05, 4.69) is 32.6 Å². The Morgan fingerprint density at radius 2 is 1.96 bits per heavy atom. The third-order valence-corrected chi connectivity index (χ3v) is 5.42. The quantitative estimate of drug-likeness (QED) is 0.452. The molecule has 0 fully saturated rings. The van der Waals surface area contributed by atoms with Gasteiger partial charge in [-0.1, -0.05) is 47.3 Å². The van der Waals surface area contributed by atoms with E-state index in [1.807, 2.05) is 25.1 Å². The summed E-state index contributed by atoms with van der Waals surface area (Å²) >= 11 is 3.22. The molecule has 1 atom stereocenters. The molecule has 7 heteroatoms. The van der Waals surface area contributed by atoms with Crippen molar-refractivity contribution in [2.45, 2.75) is 16.5 Å². The highest BCUT2D eigenvalue weighted by molar-refractivity contribution is 8.01. The lowest BCUT2D eigenvalue weighted by Crippen LogP contribution is -1.88. The van der Waals surface area contributed by atoms with E-state index in [-0.39, 0.29) is 5.25 Å². The summed E-state index contributed by atoms with van der Waals surface area (Å²) in [6.45, 7) is 2.02. The molecule has 5 nitrogen and oxygen atoms in total. The number of rotatable bonds is 5. The van der Waals surface area contributed by atoms with E-state index in [1.165, 1.54) is 0 Å². The summed E-state index contributed by atoms with van der Waals surface area (Å²) < 4.78 is 11.6. The SMILES string of the molecule is C[C@H](Sc1nc(-c2ccccc2)cs1)c1nc(-c2ccco2)no1. The Balaban J connectivity index is 1.49. The van der Waals surface area contributed by atoms with Crippen LogP contribution < -0.4 is 0 Å². The fraction of sp³-hybridized carbons (Fsp3) is 0.118. The molecule has 3 aromatic heterocycles. The van der Waals surface area contributed by atoms with Gasteiger partial charge in [0.2, 0.25) is 11.7 Å². The van der Waals surface area contributed by atoms with Gasteiger partial charge in [-0.15, -0.1) is 11.3 Å². The van der Waals surface area contributed by atoms with Crippen LogP contribution >= 0.6 is 23.1 Å². The van der Waals surface area contributed by atoms with Gasteiger partial charge in [0.25, 0.3) is 0 Å². The number of thiazole rings is 1. The van der Waals surface area contributed by atoms with Gasteiger partial charge in [-0.05, 0) is 19.1 Å². The molecule has 0 bridgehead atoms. The van der Waals surface area contributed by atoms with Gasteiger partial charge in [0, 0.05) is 10.9 Å². The normalized spacial score (nSPS) is 12.4. The van der Waals surface area contributed by atoms with Crippen molar-refractivity contribution >= 4 is 23.1 Å². The highest BCUT2D eigenvalue weighted by Crippen LogP contribution is 2.37. The maximum atomic E-state index is 5.35. The van der Waals surface area contributed by atoms with Crippen LogP contribution in [0.25, 0.3) is 22.8 Å². The number of nitrogens with zero attached hydrogens (tertiary/aromatic N) is 3. The Morgan fingerprint density at radius 3 is 2.75 bits per heavy atom. The van der Waals surface area contributed by atoms with Gasteiger partial charge in [0.1, 0.15) is 0 Å². The summed E-state index contributed by atoms with van der Waals surface area (Å²) in [7, 11) is 0. The van der Waals surface area contributed by atoms with Gasteiger partial charge >= 0.3 is 0 Å². The van der Waals surface area contributed by atoms with Crippen molar-refractivity contribution in [1.29, 1.82) is 0 Å². The number of hydrogen-bond donors (Lipinski definition) is 0. The fourth-order valence-electron chi connectivity index (χ4n) is 2.16. The van der Waals surface area contributed by atoms with Gasteiger partial charge in [0.05, 0.1) is 17.2 Å². The number of aromatic nitrogens is 3. The van der Waals surface area contributed by atoms with Crippen LogP contribution in [-0.4, -0.2) is 15.1 Å². The summed E-state index contributed by atoms with van der Waals surface area (Å²) in [5, 5.41) is 6.04. The summed E-state index contributed by atoms with van der Waals surface area (Å²) in [6.07, 6.45) is 1.59. The minimum Gasteiger partial charge on any atom is -0.461 e. The van der Waals surface area contributed by atoms with Crippen LogP contribution in [0.3, 0.4) is 0 Å². The van der Waals surface area contributed by atoms with Crippen LogP contribution in [0.15, 0.2) is 67.4 Å². The number of thioether (sulfide) groups is 1. The molecule has 4 rings (SSSR count). The van der Waals surface area contributed by atoms with Gasteiger partial charge in [-0.25, -0.2) is 4.98 Å². The molecule has 0 aliphatic heterocycles. The molecule has 120 valence electrons. The zero-order valence-electron chi connectivity index (χ0n) is 12.7. The lowest BCUT2D eigenvalue weighted by molar-refractivity contribution is 0.379. The lowest BCUT2D eigenvalue weighted by atomic mass is 10.2. The standard InChI is InChI=1S/C17H13N3O2S2/c1-11(16-19-15(20-22-16)14-8-5-9-21-14)24-17-18-13(10-23-17)12-6-3-2-4-7-12/h2-11H,1H3/t11-/m0/s1. The zero-order chi connectivity index (χ0) is 16.4. The number of furan rings is 1. The van der Waals surface area contributed by atoms with E-state index in [0.29, 0.717) is 17.5 Å².